The molecule has 0 saturated heterocycles. The van der Waals surface area contributed by atoms with Gasteiger partial charge in [0, 0.05) is 11.8 Å². The third kappa shape index (κ3) is 7.37. The van der Waals surface area contributed by atoms with Crippen molar-refractivity contribution in [2.75, 3.05) is 0 Å². The van der Waals surface area contributed by atoms with Gasteiger partial charge in [-0.2, -0.15) is 0 Å². The summed E-state index contributed by atoms with van der Waals surface area (Å²) < 4.78 is 4.91. The lowest BCUT2D eigenvalue weighted by Gasteiger charge is -2.25. The van der Waals surface area contributed by atoms with E-state index >= 15 is 0 Å². The third-order valence-electron chi connectivity index (χ3n) is 2.22. The molecule has 1 unspecified atom stereocenters. The maximum atomic E-state index is 11.3. The van der Waals surface area contributed by atoms with E-state index in [1.165, 1.54) is 0 Å². The van der Waals surface area contributed by atoms with Crippen LogP contribution < -0.4 is 0 Å². The normalized spacial score (nSPS) is 13.7. The second kappa shape index (κ2) is 6.83. The topological polar surface area (TPSA) is 46.5 Å². The summed E-state index contributed by atoms with van der Waals surface area (Å²) in [5.74, 6) is -0.298. The quantitative estimate of drug-likeness (QED) is 0.422. The molecule has 0 amide bonds. The van der Waals surface area contributed by atoms with E-state index in [0.29, 0.717) is 6.42 Å². The molecular weight excluding hydrogens is 192 g/mol. The van der Waals surface area contributed by atoms with E-state index in [2.05, 4.69) is 6.92 Å². The van der Waals surface area contributed by atoms with E-state index in [1.807, 2.05) is 20.8 Å². The summed E-state index contributed by atoms with van der Waals surface area (Å²) in [5.41, 5.74) is -0.404. The number of aliphatic hydroxyl groups excluding tert-OH is 1. The number of ether oxygens (including phenoxy) is 1. The van der Waals surface area contributed by atoms with E-state index in [0.717, 1.165) is 25.7 Å². The molecule has 0 radical (unpaired) electrons. The molecule has 0 bridgehead atoms. The van der Waals surface area contributed by atoms with Gasteiger partial charge >= 0.3 is 5.97 Å². The SMILES string of the molecule is CCCCCCC(=O)OC(O)C(C)(C)C. The Balaban J connectivity index is 3.65. The van der Waals surface area contributed by atoms with Crippen LogP contribution in [0.25, 0.3) is 0 Å². The van der Waals surface area contributed by atoms with E-state index in [-0.39, 0.29) is 5.97 Å². The van der Waals surface area contributed by atoms with Gasteiger partial charge in [-0.15, -0.1) is 0 Å². The van der Waals surface area contributed by atoms with E-state index < -0.39 is 11.7 Å². The first-order valence-corrected chi connectivity index (χ1v) is 5.75. The molecule has 0 aliphatic heterocycles. The minimum absolute atomic E-state index is 0.298. The summed E-state index contributed by atoms with van der Waals surface area (Å²) in [6.07, 6.45) is 3.61. The molecule has 0 saturated carbocycles. The van der Waals surface area contributed by atoms with Gasteiger partial charge < -0.3 is 9.84 Å². The summed E-state index contributed by atoms with van der Waals surface area (Å²) in [6, 6.07) is 0. The van der Waals surface area contributed by atoms with Crippen LogP contribution in [0, 0.1) is 5.41 Å². The van der Waals surface area contributed by atoms with Gasteiger partial charge in [0.1, 0.15) is 0 Å². The molecule has 3 heteroatoms. The van der Waals surface area contributed by atoms with Gasteiger partial charge in [0.05, 0.1) is 0 Å². The zero-order valence-electron chi connectivity index (χ0n) is 10.4. The largest absolute Gasteiger partial charge is 0.435 e. The first kappa shape index (κ1) is 14.4. The van der Waals surface area contributed by atoms with Crippen LogP contribution in [0.15, 0.2) is 0 Å². The number of esters is 1. The van der Waals surface area contributed by atoms with Gasteiger partial charge in [-0.25, -0.2) is 0 Å². The molecule has 0 aromatic carbocycles. The van der Waals surface area contributed by atoms with E-state index in [4.69, 9.17) is 4.74 Å². The zero-order chi connectivity index (χ0) is 11.9. The molecule has 1 atom stereocenters. The predicted octanol–water partition coefficient (Wildman–Crippen LogP) is 2.86. The van der Waals surface area contributed by atoms with Crippen LogP contribution in [0.3, 0.4) is 0 Å². The molecule has 0 heterocycles. The number of carbonyl (C=O) groups excluding carboxylic acids is 1. The number of hydrogen-bond donors (Lipinski definition) is 1. The van der Waals surface area contributed by atoms with Gasteiger partial charge in [0.15, 0.2) is 0 Å². The van der Waals surface area contributed by atoms with Gasteiger partial charge in [-0.3, -0.25) is 4.79 Å². The van der Waals surface area contributed by atoms with Gasteiger partial charge in [-0.1, -0.05) is 47.0 Å². The maximum absolute atomic E-state index is 11.3. The average molecular weight is 216 g/mol. The standard InChI is InChI=1S/C12H24O3/c1-5-6-7-8-9-10(13)15-11(14)12(2,3)4/h11,14H,5-9H2,1-4H3. The lowest BCUT2D eigenvalue weighted by molar-refractivity contribution is -0.186. The van der Waals surface area contributed by atoms with Crippen LogP contribution in [-0.4, -0.2) is 17.4 Å². The number of rotatable bonds is 6. The summed E-state index contributed by atoms with van der Waals surface area (Å²) in [5, 5.41) is 9.52. The van der Waals surface area contributed by atoms with Crippen LogP contribution in [-0.2, 0) is 9.53 Å². The minimum atomic E-state index is -1.00. The molecule has 0 aromatic heterocycles. The van der Waals surface area contributed by atoms with E-state index in [9.17, 15) is 9.90 Å². The highest BCUT2D eigenvalue weighted by atomic mass is 16.6. The van der Waals surface area contributed by atoms with Crippen molar-refractivity contribution in [3.05, 3.63) is 0 Å². The highest BCUT2D eigenvalue weighted by molar-refractivity contribution is 5.69. The molecule has 0 spiro atoms. The second-order valence-corrected chi connectivity index (χ2v) is 5.02. The minimum Gasteiger partial charge on any atom is -0.435 e. The average Bonchev–Trinajstić information content (AvgIpc) is 2.11. The molecular formula is C12H24O3. The Labute approximate surface area is 92.8 Å². The predicted molar refractivity (Wildman–Crippen MR) is 60.3 cm³/mol. The fourth-order valence-corrected chi connectivity index (χ4v) is 1.06. The monoisotopic (exact) mass is 216 g/mol. The van der Waals surface area contributed by atoms with Crippen LogP contribution >= 0.6 is 0 Å². The van der Waals surface area contributed by atoms with Crippen LogP contribution in [0.4, 0.5) is 0 Å². The third-order valence-corrected chi connectivity index (χ3v) is 2.22. The Morgan fingerprint density at radius 2 is 1.87 bits per heavy atom. The maximum Gasteiger partial charge on any atom is 0.308 e. The lowest BCUT2D eigenvalue weighted by atomic mass is 9.96. The Morgan fingerprint density at radius 3 is 2.33 bits per heavy atom. The number of aliphatic hydroxyl groups is 1. The highest BCUT2D eigenvalue weighted by Gasteiger charge is 2.25. The van der Waals surface area contributed by atoms with Crippen molar-refractivity contribution in [3.8, 4) is 0 Å². The van der Waals surface area contributed by atoms with Crippen molar-refractivity contribution < 1.29 is 14.6 Å². The molecule has 0 aromatic rings. The van der Waals surface area contributed by atoms with Crippen molar-refractivity contribution in [2.24, 2.45) is 5.41 Å². The van der Waals surface area contributed by atoms with Gasteiger partial charge in [0.25, 0.3) is 0 Å². The lowest BCUT2D eigenvalue weighted by Crippen LogP contribution is -2.31. The molecule has 0 aliphatic carbocycles. The Morgan fingerprint density at radius 1 is 1.27 bits per heavy atom. The summed E-state index contributed by atoms with van der Waals surface area (Å²) in [4.78, 5) is 11.3. The number of hydrogen-bond acceptors (Lipinski definition) is 3. The summed E-state index contributed by atoms with van der Waals surface area (Å²) in [6.45, 7) is 7.63. The first-order valence-electron chi connectivity index (χ1n) is 5.75. The Hall–Kier alpha value is -0.570. The Kier molecular flexibility index (Phi) is 6.57. The fraction of sp³-hybridized carbons (Fsp3) is 0.917. The van der Waals surface area contributed by atoms with Crippen molar-refractivity contribution in [1.82, 2.24) is 0 Å². The molecule has 15 heavy (non-hydrogen) atoms. The first-order chi connectivity index (χ1) is 6.88. The number of unbranched alkanes of at least 4 members (excludes halogenated alkanes) is 3. The Bertz CT molecular complexity index is 182. The van der Waals surface area contributed by atoms with Crippen molar-refractivity contribution in [2.45, 2.75) is 66.1 Å². The molecule has 90 valence electrons. The van der Waals surface area contributed by atoms with Crippen LogP contribution in [0.5, 0.6) is 0 Å². The molecule has 1 N–H and O–H groups in total. The second-order valence-electron chi connectivity index (χ2n) is 5.02. The van der Waals surface area contributed by atoms with Crippen molar-refractivity contribution >= 4 is 5.97 Å². The molecule has 3 nitrogen and oxygen atoms in total. The number of carbonyl (C=O) groups is 1. The molecule has 0 aliphatic rings. The fourth-order valence-electron chi connectivity index (χ4n) is 1.06. The highest BCUT2D eigenvalue weighted by Crippen LogP contribution is 2.20. The summed E-state index contributed by atoms with van der Waals surface area (Å²) in [7, 11) is 0. The van der Waals surface area contributed by atoms with Gasteiger partial charge in [0.2, 0.25) is 6.29 Å². The van der Waals surface area contributed by atoms with E-state index in [1.54, 1.807) is 0 Å². The molecule has 0 fully saturated rings. The summed E-state index contributed by atoms with van der Waals surface area (Å²) >= 11 is 0. The van der Waals surface area contributed by atoms with Crippen molar-refractivity contribution in [3.63, 3.8) is 0 Å². The van der Waals surface area contributed by atoms with Gasteiger partial charge in [-0.05, 0) is 6.42 Å². The van der Waals surface area contributed by atoms with Crippen molar-refractivity contribution in [1.29, 1.82) is 0 Å². The van der Waals surface area contributed by atoms with Crippen LogP contribution in [0.1, 0.15) is 59.8 Å². The smallest absolute Gasteiger partial charge is 0.308 e. The zero-order valence-corrected chi connectivity index (χ0v) is 10.4. The molecule has 0 rings (SSSR count). The van der Waals surface area contributed by atoms with Crippen LogP contribution in [0.2, 0.25) is 0 Å².